The Hall–Kier alpha value is -2.92. The van der Waals surface area contributed by atoms with Gasteiger partial charge in [-0.05, 0) is 18.8 Å². The second-order valence-electron chi connectivity index (χ2n) is 5.29. The van der Waals surface area contributed by atoms with E-state index in [1.54, 1.807) is 0 Å². The molecule has 0 aliphatic rings. The first kappa shape index (κ1) is 27.3. The molecule has 1 unspecified atom stereocenters. The number of carbonyl (C=O) groups excluding carboxylic acids is 2. The first-order chi connectivity index (χ1) is 13.3. The first-order valence-electron chi connectivity index (χ1n) is 8.75. The standard InChI is InChI=1S/C10H18O6.C6H10O6/c1-3-5-6-8(4-2)7-14-10(13)16-15-9(11)12;1-2-3-4-10-6(9)12-11-5(7)8/h8H,3-7H2,1-2H3,(H,11,12);2-4H2,1H3,(H,7,8). The summed E-state index contributed by atoms with van der Waals surface area (Å²) in [5.41, 5.74) is 0. The molecular formula is C16H28O12. The molecule has 0 aromatic rings. The van der Waals surface area contributed by atoms with Crippen LogP contribution in [-0.2, 0) is 29.0 Å². The van der Waals surface area contributed by atoms with Gasteiger partial charge in [-0.25, -0.2) is 19.4 Å². The summed E-state index contributed by atoms with van der Waals surface area (Å²) in [6.07, 6.45) is -0.0610. The fourth-order valence-corrected chi connectivity index (χ4v) is 1.57. The molecule has 164 valence electrons. The maximum absolute atomic E-state index is 10.8. The third kappa shape index (κ3) is 21.1. The highest BCUT2D eigenvalue weighted by molar-refractivity contribution is 5.62. The molecule has 0 saturated heterocycles. The molecule has 0 radical (unpaired) electrons. The zero-order valence-corrected chi connectivity index (χ0v) is 16.2. The maximum atomic E-state index is 10.8. The average Bonchev–Trinajstić information content (AvgIpc) is 2.65. The molecule has 0 bridgehead atoms. The summed E-state index contributed by atoms with van der Waals surface area (Å²) in [7, 11) is 0. The number of ether oxygens (including phenoxy) is 2. The Morgan fingerprint density at radius 2 is 1.25 bits per heavy atom. The highest BCUT2D eigenvalue weighted by Crippen LogP contribution is 2.13. The van der Waals surface area contributed by atoms with Gasteiger partial charge in [-0.15, -0.1) is 0 Å². The zero-order valence-electron chi connectivity index (χ0n) is 16.2. The molecule has 28 heavy (non-hydrogen) atoms. The van der Waals surface area contributed by atoms with Crippen molar-refractivity contribution in [3.05, 3.63) is 0 Å². The Morgan fingerprint density at radius 1 is 0.750 bits per heavy atom. The Morgan fingerprint density at radius 3 is 1.68 bits per heavy atom. The van der Waals surface area contributed by atoms with E-state index in [4.69, 9.17) is 14.9 Å². The topological polar surface area (TPSA) is 164 Å². The predicted molar refractivity (Wildman–Crippen MR) is 91.3 cm³/mol. The van der Waals surface area contributed by atoms with E-state index in [1.165, 1.54) is 0 Å². The van der Waals surface area contributed by atoms with E-state index in [0.717, 1.165) is 32.1 Å². The molecule has 0 aliphatic carbocycles. The van der Waals surface area contributed by atoms with Crippen LogP contribution in [0, 0.1) is 5.92 Å². The summed E-state index contributed by atoms with van der Waals surface area (Å²) in [4.78, 5) is 55.4. The summed E-state index contributed by atoms with van der Waals surface area (Å²) in [5, 5.41) is 15.9. The number of carboxylic acid groups (broad SMARTS) is 2. The van der Waals surface area contributed by atoms with Crippen molar-refractivity contribution in [2.24, 2.45) is 5.92 Å². The first-order valence-corrected chi connectivity index (χ1v) is 8.75. The van der Waals surface area contributed by atoms with Crippen LogP contribution in [0.5, 0.6) is 0 Å². The lowest BCUT2D eigenvalue weighted by atomic mass is 10.0. The number of carbonyl (C=O) groups is 4. The van der Waals surface area contributed by atoms with Gasteiger partial charge in [-0.1, -0.05) is 46.5 Å². The van der Waals surface area contributed by atoms with E-state index in [2.05, 4.69) is 31.2 Å². The molecule has 0 heterocycles. The molecule has 0 saturated carbocycles. The van der Waals surface area contributed by atoms with Crippen molar-refractivity contribution in [2.75, 3.05) is 13.2 Å². The van der Waals surface area contributed by atoms with Crippen molar-refractivity contribution in [1.82, 2.24) is 0 Å². The monoisotopic (exact) mass is 412 g/mol. The van der Waals surface area contributed by atoms with Crippen LogP contribution in [0.4, 0.5) is 19.2 Å². The summed E-state index contributed by atoms with van der Waals surface area (Å²) in [5.74, 6) is 0.275. The van der Waals surface area contributed by atoms with Gasteiger partial charge in [0.2, 0.25) is 0 Å². The zero-order chi connectivity index (χ0) is 21.8. The van der Waals surface area contributed by atoms with E-state index in [9.17, 15) is 19.2 Å². The van der Waals surface area contributed by atoms with Crippen LogP contribution in [0.25, 0.3) is 0 Å². The Labute approximate surface area is 162 Å². The Kier molecular flexibility index (Phi) is 18.4. The molecule has 0 rings (SSSR count). The summed E-state index contributed by atoms with van der Waals surface area (Å²) in [6.45, 7) is 6.42. The molecule has 12 nitrogen and oxygen atoms in total. The Bertz CT molecular complexity index is 451. The van der Waals surface area contributed by atoms with Crippen LogP contribution in [0.2, 0.25) is 0 Å². The minimum absolute atomic E-state index is 0.193. The van der Waals surface area contributed by atoms with Gasteiger partial charge in [0.05, 0.1) is 13.2 Å². The lowest BCUT2D eigenvalue weighted by Crippen LogP contribution is -2.16. The van der Waals surface area contributed by atoms with Gasteiger partial charge in [0.25, 0.3) is 0 Å². The second kappa shape index (κ2) is 18.9. The van der Waals surface area contributed by atoms with E-state index in [0.29, 0.717) is 6.42 Å². The smallest absolute Gasteiger partial charge is 0.447 e. The number of unbranched alkanes of at least 4 members (excludes halogenated alkanes) is 2. The van der Waals surface area contributed by atoms with Crippen LogP contribution in [0.15, 0.2) is 0 Å². The van der Waals surface area contributed by atoms with Gasteiger partial charge in [-0.2, -0.15) is 19.4 Å². The minimum Gasteiger partial charge on any atom is -0.447 e. The lowest BCUT2D eigenvalue weighted by molar-refractivity contribution is -0.214. The van der Waals surface area contributed by atoms with Crippen molar-refractivity contribution in [3.63, 3.8) is 0 Å². The summed E-state index contributed by atoms with van der Waals surface area (Å²) < 4.78 is 9.08. The predicted octanol–water partition coefficient (Wildman–Crippen LogP) is 4.51. The molecule has 0 aromatic carbocycles. The van der Waals surface area contributed by atoms with Gasteiger partial charge in [0, 0.05) is 0 Å². The maximum Gasteiger partial charge on any atom is 0.550 e. The third-order valence-electron chi connectivity index (χ3n) is 3.06. The highest BCUT2D eigenvalue weighted by atomic mass is 17.3. The molecule has 0 aromatic heterocycles. The minimum atomic E-state index is -1.69. The van der Waals surface area contributed by atoms with Crippen LogP contribution < -0.4 is 0 Å². The van der Waals surface area contributed by atoms with Crippen LogP contribution in [-0.4, -0.2) is 48.0 Å². The highest BCUT2D eigenvalue weighted by Gasteiger charge is 2.13. The van der Waals surface area contributed by atoms with E-state index in [-0.39, 0.29) is 19.1 Å². The van der Waals surface area contributed by atoms with Gasteiger partial charge in [0.15, 0.2) is 0 Å². The second-order valence-corrected chi connectivity index (χ2v) is 5.29. The summed E-state index contributed by atoms with van der Waals surface area (Å²) >= 11 is 0. The van der Waals surface area contributed by atoms with Crippen LogP contribution in [0.3, 0.4) is 0 Å². The van der Waals surface area contributed by atoms with Crippen molar-refractivity contribution in [1.29, 1.82) is 0 Å². The third-order valence-corrected chi connectivity index (χ3v) is 3.06. The van der Waals surface area contributed by atoms with Crippen molar-refractivity contribution >= 4 is 24.6 Å². The van der Waals surface area contributed by atoms with Crippen molar-refractivity contribution < 1.29 is 58.4 Å². The quantitative estimate of drug-likeness (QED) is 0.236. The molecule has 12 heteroatoms. The van der Waals surface area contributed by atoms with E-state index >= 15 is 0 Å². The fourth-order valence-electron chi connectivity index (χ4n) is 1.57. The molecule has 0 aliphatic heterocycles. The number of rotatable bonds is 9. The fraction of sp³-hybridized carbons (Fsp3) is 0.750. The van der Waals surface area contributed by atoms with Crippen LogP contribution in [0.1, 0.15) is 59.3 Å². The number of hydrogen-bond acceptors (Lipinski definition) is 10. The summed E-state index contributed by atoms with van der Waals surface area (Å²) in [6, 6.07) is 0. The van der Waals surface area contributed by atoms with E-state index in [1.807, 2.05) is 13.8 Å². The lowest BCUT2D eigenvalue weighted by Gasteiger charge is -2.13. The van der Waals surface area contributed by atoms with Gasteiger partial charge in [0.1, 0.15) is 0 Å². The van der Waals surface area contributed by atoms with Crippen molar-refractivity contribution in [3.8, 4) is 0 Å². The van der Waals surface area contributed by atoms with Gasteiger partial charge < -0.3 is 19.7 Å². The SMILES string of the molecule is CCCCC(CC)COC(=O)OOC(=O)O.CCCCOC(=O)OOC(=O)O. The number of hydrogen-bond donors (Lipinski definition) is 2. The Balaban J connectivity index is 0. The normalized spacial score (nSPS) is 10.4. The largest absolute Gasteiger partial charge is 0.550 e. The molecule has 0 amide bonds. The van der Waals surface area contributed by atoms with Gasteiger partial charge in [-0.3, -0.25) is 0 Å². The average molecular weight is 412 g/mol. The molecule has 1 atom stereocenters. The van der Waals surface area contributed by atoms with Crippen LogP contribution >= 0.6 is 0 Å². The molecule has 0 spiro atoms. The van der Waals surface area contributed by atoms with Crippen molar-refractivity contribution in [2.45, 2.75) is 59.3 Å². The molecule has 2 N–H and O–H groups in total. The molecular weight excluding hydrogens is 384 g/mol. The molecule has 0 fully saturated rings. The van der Waals surface area contributed by atoms with E-state index < -0.39 is 24.6 Å². The van der Waals surface area contributed by atoms with Gasteiger partial charge >= 0.3 is 24.6 Å².